The number of nitrogens with zero attached hydrogens (tertiary/aromatic N) is 1. The van der Waals surface area contributed by atoms with Gasteiger partial charge in [0.1, 0.15) is 6.23 Å². The molecule has 3 aromatic carbocycles. The van der Waals surface area contributed by atoms with Gasteiger partial charge in [0.2, 0.25) is 0 Å². The molecule has 5 aromatic rings. The molecule has 1 atom stereocenters. The van der Waals surface area contributed by atoms with Crippen LogP contribution in [0.2, 0.25) is 0 Å². The summed E-state index contributed by atoms with van der Waals surface area (Å²) >= 11 is 0. The largest absolute Gasteiger partial charge is 0.358 e. The number of hydrogen-bond donors (Lipinski definition) is 2. The zero-order valence-corrected chi connectivity index (χ0v) is 16.7. The zero-order valence-electron chi connectivity index (χ0n) is 16.7. The number of fused-ring (bicyclic) bond motifs is 10. The number of rotatable bonds is 1. The van der Waals surface area contributed by atoms with E-state index in [4.69, 9.17) is 4.74 Å². The molecule has 2 aliphatic heterocycles. The number of carbonyl (C=O) groups excluding carboxylic acids is 2. The Kier molecular flexibility index (Phi) is 3.28. The molecule has 0 aliphatic carbocycles. The van der Waals surface area contributed by atoms with Crippen LogP contribution in [0.25, 0.3) is 43.6 Å². The van der Waals surface area contributed by atoms with Crippen LogP contribution in [-0.4, -0.2) is 28.0 Å². The number of imide groups is 1. The smallest absolute Gasteiger partial charge is 0.259 e. The highest BCUT2D eigenvalue weighted by molar-refractivity contribution is 6.39. The lowest BCUT2D eigenvalue weighted by atomic mass is 9.96. The molecule has 2 aliphatic rings. The SMILES string of the molecule is O=C1NC(=O)c2c1c1c3ccccc3[nH]c1c1c2c2ccccc2n1[C@H]1CCCCO1. The van der Waals surface area contributed by atoms with E-state index in [2.05, 4.69) is 20.9 Å². The van der Waals surface area contributed by atoms with Crippen molar-refractivity contribution >= 4 is 55.4 Å². The number of benzene rings is 3. The standard InChI is InChI=1S/C25H19N3O3/c29-24-20-18-13-7-1-3-9-15(13)26-22(18)23-19(21(20)25(30)27-24)14-8-2-4-10-16(14)28(23)17-11-5-6-12-31-17/h1-4,7-10,17,26H,5-6,11-12H2,(H,27,29,30)/t17-/m1/s1. The van der Waals surface area contributed by atoms with Crippen molar-refractivity contribution in [1.29, 1.82) is 0 Å². The number of para-hydroxylation sites is 2. The van der Waals surface area contributed by atoms with E-state index in [1.165, 1.54) is 0 Å². The molecule has 31 heavy (non-hydrogen) atoms. The van der Waals surface area contributed by atoms with Crippen molar-refractivity contribution in [3.8, 4) is 0 Å². The summed E-state index contributed by atoms with van der Waals surface area (Å²) in [6.45, 7) is 0.721. The molecule has 1 saturated heterocycles. The second-order valence-corrected chi connectivity index (χ2v) is 8.39. The van der Waals surface area contributed by atoms with Gasteiger partial charge in [-0.15, -0.1) is 0 Å². The molecule has 2 aromatic heterocycles. The van der Waals surface area contributed by atoms with Gasteiger partial charge in [-0.05, 0) is 31.4 Å². The molecule has 152 valence electrons. The highest BCUT2D eigenvalue weighted by Crippen LogP contribution is 2.45. The maximum atomic E-state index is 13.0. The van der Waals surface area contributed by atoms with Crippen molar-refractivity contribution in [3.63, 3.8) is 0 Å². The van der Waals surface area contributed by atoms with E-state index in [9.17, 15) is 9.59 Å². The van der Waals surface area contributed by atoms with Crippen LogP contribution in [0, 0.1) is 0 Å². The summed E-state index contributed by atoms with van der Waals surface area (Å²) < 4.78 is 8.44. The van der Waals surface area contributed by atoms with Crippen LogP contribution in [0.1, 0.15) is 46.2 Å². The molecule has 2 amide bonds. The molecule has 0 saturated carbocycles. The minimum atomic E-state index is -0.331. The second-order valence-electron chi connectivity index (χ2n) is 8.39. The molecule has 7 rings (SSSR count). The Hall–Kier alpha value is -3.64. The number of hydrogen-bond acceptors (Lipinski definition) is 3. The number of amides is 2. The summed E-state index contributed by atoms with van der Waals surface area (Å²) in [7, 11) is 0. The van der Waals surface area contributed by atoms with E-state index in [1.807, 2.05) is 42.5 Å². The normalized spacial score (nSPS) is 19.0. The van der Waals surface area contributed by atoms with Crippen LogP contribution in [0.15, 0.2) is 48.5 Å². The van der Waals surface area contributed by atoms with E-state index in [0.717, 1.165) is 69.5 Å². The van der Waals surface area contributed by atoms with Gasteiger partial charge in [0.15, 0.2) is 0 Å². The molecule has 6 nitrogen and oxygen atoms in total. The third-order valence-corrected chi connectivity index (χ3v) is 6.73. The van der Waals surface area contributed by atoms with E-state index in [-0.39, 0.29) is 18.0 Å². The quantitative estimate of drug-likeness (QED) is 0.382. The first kappa shape index (κ1) is 17.1. The molecule has 0 bridgehead atoms. The molecule has 2 N–H and O–H groups in total. The lowest BCUT2D eigenvalue weighted by Crippen LogP contribution is -2.20. The highest BCUT2D eigenvalue weighted by atomic mass is 16.5. The van der Waals surface area contributed by atoms with Crippen LogP contribution in [0.5, 0.6) is 0 Å². The maximum Gasteiger partial charge on any atom is 0.259 e. The van der Waals surface area contributed by atoms with Crippen molar-refractivity contribution in [2.24, 2.45) is 0 Å². The Balaban J connectivity index is 1.79. The lowest BCUT2D eigenvalue weighted by Gasteiger charge is -2.26. The van der Waals surface area contributed by atoms with Crippen LogP contribution >= 0.6 is 0 Å². The van der Waals surface area contributed by atoms with Crippen LogP contribution < -0.4 is 5.32 Å². The number of aromatic nitrogens is 2. The number of ether oxygens (including phenoxy) is 1. The fourth-order valence-electron chi connectivity index (χ4n) is 5.50. The van der Waals surface area contributed by atoms with E-state index < -0.39 is 0 Å². The average molecular weight is 409 g/mol. The molecule has 0 unspecified atom stereocenters. The molecule has 0 radical (unpaired) electrons. The van der Waals surface area contributed by atoms with Gasteiger partial charge in [-0.25, -0.2) is 0 Å². The van der Waals surface area contributed by atoms with E-state index >= 15 is 0 Å². The van der Waals surface area contributed by atoms with Crippen LogP contribution in [0.4, 0.5) is 0 Å². The van der Waals surface area contributed by atoms with Gasteiger partial charge in [0.25, 0.3) is 11.8 Å². The minimum absolute atomic E-state index is 0.107. The Morgan fingerprint density at radius 2 is 1.61 bits per heavy atom. The number of nitrogens with one attached hydrogen (secondary N) is 2. The molecule has 4 heterocycles. The van der Waals surface area contributed by atoms with Gasteiger partial charge in [0, 0.05) is 33.7 Å². The molecule has 0 spiro atoms. The fraction of sp³-hybridized carbons (Fsp3) is 0.200. The van der Waals surface area contributed by atoms with Gasteiger partial charge >= 0.3 is 0 Å². The third-order valence-electron chi connectivity index (χ3n) is 6.73. The van der Waals surface area contributed by atoms with E-state index in [0.29, 0.717) is 11.1 Å². The zero-order chi connectivity index (χ0) is 20.7. The van der Waals surface area contributed by atoms with Crippen molar-refractivity contribution in [1.82, 2.24) is 14.9 Å². The lowest BCUT2D eigenvalue weighted by molar-refractivity contribution is -0.0266. The van der Waals surface area contributed by atoms with Crippen molar-refractivity contribution in [2.75, 3.05) is 6.61 Å². The Bertz CT molecular complexity index is 1580. The first-order valence-electron chi connectivity index (χ1n) is 10.7. The summed E-state index contributed by atoms with van der Waals surface area (Å²) in [6, 6.07) is 16.0. The Morgan fingerprint density at radius 1 is 0.871 bits per heavy atom. The fourth-order valence-corrected chi connectivity index (χ4v) is 5.50. The Morgan fingerprint density at radius 3 is 2.42 bits per heavy atom. The number of aromatic amines is 1. The topological polar surface area (TPSA) is 76.1 Å². The first-order valence-corrected chi connectivity index (χ1v) is 10.7. The molecular weight excluding hydrogens is 390 g/mol. The third kappa shape index (κ3) is 2.10. The van der Waals surface area contributed by atoms with Gasteiger partial charge < -0.3 is 14.3 Å². The number of H-pyrrole nitrogens is 1. The van der Waals surface area contributed by atoms with Gasteiger partial charge in [-0.2, -0.15) is 0 Å². The van der Waals surface area contributed by atoms with Gasteiger partial charge in [-0.1, -0.05) is 36.4 Å². The Labute approximate surface area is 176 Å². The predicted octanol–water partition coefficient (Wildman–Crippen LogP) is 5.01. The van der Waals surface area contributed by atoms with Crippen molar-refractivity contribution in [2.45, 2.75) is 25.5 Å². The average Bonchev–Trinajstić information content (AvgIpc) is 3.43. The molecule has 1 fully saturated rings. The maximum absolute atomic E-state index is 13.0. The monoisotopic (exact) mass is 409 g/mol. The molecular formula is C25H19N3O3. The summed E-state index contributed by atoms with van der Waals surface area (Å²) in [5, 5.41) is 6.08. The second kappa shape index (κ2) is 5.95. The van der Waals surface area contributed by atoms with Gasteiger partial charge in [-0.3, -0.25) is 14.9 Å². The summed E-state index contributed by atoms with van der Waals surface area (Å²) in [5.74, 6) is -0.660. The highest BCUT2D eigenvalue weighted by Gasteiger charge is 2.36. The summed E-state index contributed by atoms with van der Waals surface area (Å²) in [6.07, 6.45) is 2.96. The number of carbonyl (C=O) groups is 2. The van der Waals surface area contributed by atoms with Gasteiger partial charge in [0.05, 0.1) is 27.7 Å². The minimum Gasteiger partial charge on any atom is -0.358 e. The summed E-state index contributed by atoms with van der Waals surface area (Å²) in [5.41, 5.74) is 4.72. The van der Waals surface area contributed by atoms with Crippen molar-refractivity contribution < 1.29 is 14.3 Å². The summed E-state index contributed by atoms with van der Waals surface area (Å²) in [4.78, 5) is 29.5. The molecule has 6 heteroatoms. The van der Waals surface area contributed by atoms with Crippen LogP contribution in [-0.2, 0) is 4.74 Å². The predicted molar refractivity (Wildman–Crippen MR) is 119 cm³/mol. The first-order chi connectivity index (χ1) is 15.2. The van der Waals surface area contributed by atoms with Crippen molar-refractivity contribution in [3.05, 3.63) is 59.7 Å². The van der Waals surface area contributed by atoms with E-state index in [1.54, 1.807) is 0 Å². The van der Waals surface area contributed by atoms with Crippen LogP contribution in [0.3, 0.4) is 0 Å².